The van der Waals surface area contributed by atoms with E-state index in [2.05, 4.69) is 31.2 Å². The number of anilines is 1. The first kappa shape index (κ1) is 17.0. The van der Waals surface area contributed by atoms with Gasteiger partial charge in [-0.25, -0.2) is 4.79 Å². The average molecular weight is 436 g/mol. The third kappa shape index (κ3) is 2.77. The van der Waals surface area contributed by atoms with Crippen LogP contribution in [0, 0.1) is 4.77 Å². The van der Waals surface area contributed by atoms with E-state index in [0.717, 1.165) is 10.0 Å². The molecular formula is C17H14BrN3O4S. The average Bonchev–Trinajstić information content (AvgIpc) is 2.52. The van der Waals surface area contributed by atoms with Crippen LogP contribution in [0.1, 0.15) is 30.9 Å². The molecule has 0 saturated heterocycles. The van der Waals surface area contributed by atoms with Gasteiger partial charge in [-0.3, -0.25) is 9.78 Å². The first-order valence-electron chi connectivity index (χ1n) is 7.81. The van der Waals surface area contributed by atoms with E-state index in [1.807, 2.05) is 24.3 Å². The molecule has 0 bridgehead atoms. The van der Waals surface area contributed by atoms with E-state index in [9.17, 15) is 9.59 Å². The van der Waals surface area contributed by atoms with Gasteiger partial charge < -0.3 is 19.8 Å². The van der Waals surface area contributed by atoms with Gasteiger partial charge in [0.05, 0.1) is 11.5 Å². The quantitative estimate of drug-likeness (QED) is 0.469. The predicted molar refractivity (Wildman–Crippen MR) is 100 cm³/mol. The molecule has 9 heteroatoms. The molecule has 1 unspecified atom stereocenters. The first-order chi connectivity index (χ1) is 12.2. The second kappa shape index (κ2) is 5.82. The summed E-state index contributed by atoms with van der Waals surface area (Å²) in [4.78, 5) is 30.9. The van der Waals surface area contributed by atoms with Gasteiger partial charge in [-0.1, -0.05) is 28.1 Å². The Kier molecular flexibility index (Phi) is 3.81. The van der Waals surface area contributed by atoms with Crippen LogP contribution in [-0.2, 0) is 14.3 Å². The highest BCUT2D eigenvalue weighted by Gasteiger charge is 2.45. The summed E-state index contributed by atoms with van der Waals surface area (Å²) < 4.78 is 12.3. The van der Waals surface area contributed by atoms with Crippen molar-refractivity contribution in [2.24, 2.45) is 0 Å². The number of halogens is 1. The minimum atomic E-state index is -1.12. The Morgan fingerprint density at radius 2 is 1.81 bits per heavy atom. The summed E-state index contributed by atoms with van der Waals surface area (Å²) >= 11 is 8.46. The maximum Gasteiger partial charge on any atom is 0.343 e. The standard InChI is InChI=1S/C17H14BrN3O4S/c1-17(2)24-14-11(15(23)25-17)9(7-3-5-8(18)6-4-7)10-12(19-14)20-16(26)21-13(10)22/h3-6,9H,1-2H3,(H3,19,20,21,22,26). The van der Waals surface area contributed by atoms with Gasteiger partial charge in [0.25, 0.3) is 11.3 Å². The molecule has 134 valence electrons. The van der Waals surface area contributed by atoms with Gasteiger partial charge in [0.1, 0.15) is 11.4 Å². The Morgan fingerprint density at radius 3 is 2.50 bits per heavy atom. The van der Waals surface area contributed by atoms with Crippen LogP contribution < -0.4 is 10.9 Å². The SMILES string of the molecule is CC1(C)OC(=O)C2=C(Nc3[nH]c(=S)[nH]c(=O)c3C2c2ccc(Br)cc2)O1. The molecule has 3 heterocycles. The van der Waals surface area contributed by atoms with Crippen molar-refractivity contribution in [3.05, 3.63) is 66.4 Å². The number of nitrogens with one attached hydrogen (secondary N) is 3. The molecule has 7 nitrogen and oxygen atoms in total. The second-order valence-electron chi connectivity index (χ2n) is 6.44. The van der Waals surface area contributed by atoms with Crippen molar-refractivity contribution in [1.29, 1.82) is 0 Å². The van der Waals surface area contributed by atoms with Crippen LogP contribution >= 0.6 is 28.1 Å². The highest BCUT2D eigenvalue weighted by atomic mass is 79.9. The number of fused-ring (bicyclic) bond motifs is 1. The smallest absolute Gasteiger partial charge is 0.343 e. The van der Waals surface area contributed by atoms with E-state index in [0.29, 0.717) is 11.4 Å². The molecule has 1 aromatic heterocycles. The van der Waals surface area contributed by atoms with Gasteiger partial charge in [-0.15, -0.1) is 0 Å². The van der Waals surface area contributed by atoms with Crippen molar-refractivity contribution in [2.75, 3.05) is 5.32 Å². The molecule has 1 atom stereocenters. The first-order valence-corrected chi connectivity index (χ1v) is 9.01. The highest BCUT2D eigenvalue weighted by molar-refractivity contribution is 9.10. The Balaban J connectivity index is 2.00. The summed E-state index contributed by atoms with van der Waals surface area (Å²) in [6.07, 6.45) is 0. The van der Waals surface area contributed by atoms with Gasteiger partial charge in [0.2, 0.25) is 5.88 Å². The lowest BCUT2D eigenvalue weighted by atomic mass is 9.83. The molecule has 0 radical (unpaired) electrons. The summed E-state index contributed by atoms with van der Waals surface area (Å²) in [6, 6.07) is 7.36. The van der Waals surface area contributed by atoms with Crippen LogP contribution in [0.25, 0.3) is 0 Å². The molecule has 0 spiro atoms. The molecule has 2 aromatic rings. The second-order valence-corrected chi connectivity index (χ2v) is 7.76. The van der Waals surface area contributed by atoms with E-state index in [1.165, 1.54) is 0 Å². The number of aromatic amines is 2. The molecule has 0 aliphatic carbocycles. The van der Waals surface area contributed by atoms with Gasteiger partial charge in [0.15, 0.2) is 4.77 Å². The Hall–Kier alpha value is -2.39. The summed E-state index contributed by atoms with van der Waals surface area (Å²) in [5.41, 5.74) is 0.961. The number of H-pyrrole nitrogens is 2. The monoisotopic (exact) mass is 435 g/mol. The van der Waals surface area contributed by atoms with E-state index in [1.54, 1.807) is 13.8 Å². The maximum atomic E-state index is 12.7. The summed E-state index contributed by atoms with van der Waals surface area (Å²) in [7, 11) is 0. The van der Waals surface area contributed by atoms with Crippen molar-refractivity contribution < 1.29 is 14.3 Å². The van der Waals surface area contributed by atoms with Gasteiger partial charge in [-0.05, 0) is 29.9 Å². The number of hydrogen-bond donors (Lipinski definition) is 3. The molecule has 2 aliphatic heterocycles. The number of aromatic nitrogens is 2. The number of esters is 1. The van der Waals surface area contributed by atoms with E-state index >= 15 is 0 Å². The van der Waals surface area contributed by atoms with E-state index in [4.69, 9.17) is 21.7 Å². The zero-order valence-electron chi connectivity index (χ0n) is 13.8. The zero-order valence-corrected chi connectivity index (χ0v) is 16.2. The molecule has 1 aromatic carbocycles. The summed E-state index contributed by atoms with van der Waals surface area (Å²) in [6.45, 7) is 3.28. The number of benzene rings is 1. The molecule has 2 aliphatic rings. The van der Waals surface area contributed by atoms with Gasteiger partial charge >= 0.3 is 5.97 Å². The van der Waals surface area contributed by atoms with Crippen molar-refractivity contribution in [2.45, 2.75) is 25.6 Å². The molecule has 0 amide bonds. The number of cyclic esters (lactones) is 1. The Morgan fingerprint density at radius 1 is 1.12 bits per heavy atom. The van der Waals surface area contributed by atoms with E-state index in [-0.39, 0.29) is 21.8 Å². The fourth-order valence-electron chi connectivity index (χ4n) is 3.15. The maximum absolute atomic E-state index is 12.7. The minimum Gasteiger partial charge on any atom is -0.437 e. The largest absolute Gasteiger partial charge is 0.437 e. The highest BCUT2D eigenvalue weighted by Crippen LogP contribution is 2.43. The third-order valence-corrected chi connectivity index (χ3v) is 4.88. The van der Waals surface area contributed by atoms with Gasteiger partial charge in [0, 0.05) is 18.3 Å². The van der Waals surface area contributed by atoms with Crippen LogP contribution in [-0.4, -0.2) is 21.7 Å². The summed E-state index contributed by atoms with van der Waals surface area (Å²) in [5.74, 6) is -1.67. The molecule has 4 rings (SSSR count). The number of carbonyl (C=O) groups is 1. The van der Waals surface area contributed by atoms with Crippen molar-refractivity contribution in [1.82, 2.24) is 9.97 Å². The van der Waals surface area contributed by atoms with Gasteiger partial charge in [-0.2, -0.15) is 0 Å². The normalized spacial score (nSPS) is 20.4. The predicted octanol–water partition coefficient (Wildman–Crippen LogP) is 3.27. The summed E-state index contributed by atoms with van der Waals surface area (Å²) in [5, 5.41) is 2.98. The Labute approximate surface area is 161 Å². The number of carbonyl (C=O) groups excluding carboxylic acids is 1. The number of rotatable bonds is 1. The fourth-order valence-corrected chi connectivity index (χ4v) is 3.61. The lowest BCUT2D eigenvalue weighted by Gasteiger charge is -2.38. The number of hydrogen-bond acceptors (Lipinski definition) is 6. The Bertz CT molecular complexity index is 1070. The lowest BCUT2D eigenvalue weighted by Crippen LogP contribution is -2.43. The van der Waals surface area contributed by atoms with E-state index < -0.39 is 17.7 Å². The molecule has 3 N–H and O–H groups in total. The third-order valence-electron chi connectivity index (χ3n) is 4.15. The van der Waals surface area contributed by atoms with Crippen LogP contribution in [0.2, 0.25) is 0 Å². The van der Waals surface area contributed by atoms with Crippen LogP contribution in [0.15, 0.2) is 45.0 Å². The lowest BCUT2D eigenvalue weighted by molar-refractivity contribution is -0.207. The van der Waals surface area contributed by atoms with Crippen LogP contribution in [0.3, 0.4) is 0 Å². The number of ether oxygens (including phenoxy) is 2. The molecule has 26 heavy (non-hydrogen) atoms. The zero-order chi connectivity index (χ0) is 18.6. The van der Waals surface area contributed by atoms with Crippen molar-refractivity contribution in [3.63, 3.8) is 0 Å². The fraction of sp³-hybridized carbons (Fsp3) is 0.235. The topological polar surface area (TPSA) is 96.2 Å². The van der Waals surface area contributed by atoms with Crippen molar-refractivity contribution in [3.8, 4) is 0 Å². The minimum absolute atomic E-state index is 0.178. The van der Waals surface area contributed by atoms with Crippen LogP contribution in [0.5, 0.6) is 0 Å². The van der Waals surface area contributed by atoms with Crippen LogP contribution in [0.4, 0.5) is 5.82 Å². The molecule has 0 saturated carbocycles. The molecular weight excluding hydrogens is 422 g/mol. The molecule has 0 fully saturated rings. The van der Waals surface area contributed by atoms with Crippen molar-refractivity contribution >= 4 is 39.9 Å².